The van der Waals surface area contributed by atoms with Crippen molar-refractivity contribution in [3.05, 3.63) is 71.0 Å². The van der Waals surface area contributed by atoms with Gasteiger partial charge in [0.1, 0.15) is 5.82 Å². The fourth-order valence-corrected chi connectivity index (χ4v) is 4.60. The van der Waals surface area contributed by atoms with Gasteiger partial charge in [-0.05, 0) is 67.3 Å². The molecule has 0 bridgehead atoms. The van der Waals surface area contributed by atoms with Crippen LogP contribution >= 0.6 is 0 Å². The fraction of sp³-hybridized carbons (Fsp3) is 0.435. The monoisotopic (exact) mass is 351 g/mol. The minimum Gasteiger partial charge on any atom is -0.355 e. The Morgan fingerprint density at radius 1 is 1.12 bits per heavy atom. The van der Waals surface area contributed by atoms with Crippen molar-refractivity contribution >= 4 is 5.91 Å². The van der Waals surface area contributed by atoms with Gasteiger partial charge in [-0.2, -0.15) is 0 Å². The van der Waals surface area contributed by atoms with Crippen molar-refractivity contribution in [2.45, 2.75) is 50.9 Å². The lowest BCUT2D eigenvalue weighted by molar-refractivity contribution is -0.136. The van der Waals surface area contributed by atoms with Gasteiger partial charge >= 0.3 is 0 Å². The Kier molecular flexibility index (Phi) is 4.80. The van der Waals surface area contributed by atoms with E-state index in [1.807, 2.05) is 6.07 Å². The first-order valence-corrected chi connectivity index (χ1v) is 9.77. The molecule has 1 N–H and O–H groups in total. The molecule has 0 aliphatic heterocycles. The van der Waals surface area contributed by atoms with Crippen LogP contribution in [0.1, 0.15) is 54.7 Å². The van der Waals surface area contributed by atoms with E-state index in [0.29, 0.717) is 18.9 Å². The second-order valence-electron chi connectivity index (χ2n) is 7.94. The minimum atomic E-state index is -0.345. The maximum atomic E-state index is 13.5. The van der Waals surface area contributed by atoms with E-state index < -0.39 is 0 Å². The smallest absolute Gasteiger partial charge is 0.226 e. The number of nitrogens with one attached hydrogen (secondary N) is 1. The summed E-state index contributed by atoms with van der Waals surface area (Å²) in [4.78, 5) is 13.0. The van der Waals surface area contributed by atoms with Gasteiger partial charge in [-0.25, -0.2) is 4.39 Å². The van der Waals surface area contributed by atoms with Gasteiger partial charge in [0.25, 0.3) is 0 Å². The molecular formula is C23H26FNO. The molecule has 1 amide bonds. The maximum Gasteiger partial charge on any atom is 0.226 e. The Morgan fingerprint density at radius 2 is 1.96 bits per heavy atom. The lowest BCUT2D eigenvalue weighted by atomic mass is 9.64. The zero-order chi connectivity index (χ0) is 18.0. The number of fused-ring (bicyclic) bond motifs is 1. The Labute approximate surface area is 154 Å². The van der Waals surface area contributed by atoms with Crippen LogP contribution in [-0.4, -0.2) is 12.5 Å². The molecule has 0 saturated heterocycles. The summed E-state index contributed by atoms with van der Waals surface area (Å²) in [7, 11) is 0. The molecule has 0 heterocycles. The number of hydrogen-bond acceptors (Lipinski definition) is 1. The summed E-state index contributed by atoms with van der Waals surface area (Å²) >= 11 is 0. The van der Waals surface area contributed by atoms with E-state index in [9.17, 15) is 9.18 Å². The zero-order valence-corrected chi connectivity index (χ0v) is 15.1. The highest BCUT2D eigenvalue weighted by Gasteiger charge is 2.44. The summed E-state index contributed by atoms with van der Waals surface area (Å²) in [5.41, 5.74) is 3.40. The molecule has 26 heavy (non-hydrogen) atoms. The Bertz CT molecular complexity index is 796. The predicted octanol–water partition coefficient (Wildman–Crippen LogP) is 4.77. The molecule has 2 nitrogen and oxygen atoms in total. The number of carbonyl (C=O) groups is 1. The van der Waals surface area contributed by atoms with Crippen LogP contribution in [0.25, 0.3) is 0 Å². The van der Waals surface area contributed by atoms with Gasteiger partial charge in [0.05, 0.1) is 5.41 Å². The number of rotatable bonds is 5. The first-order chi connectivity index (χ1) is 12.7. The van der Waals surface area contributed by atoms with E-state index in [-0.39, 0.29) is 17.1 Å². The van der Waals surface area contributed by atoms with Crippen LogP contribution in [0.15, 0.2) is 48.5 Å². The van der Waals surface area contributed by atoms with E-state index in [4.69, 9.17) is 0 Å². The van der Waals surface area contributed by atoms with Crippen LogP contribution in [0, 0.1) is 11.2 Å². The standard InChI is InChI=1S/C23H26FNO/c24-20-10-3-6-17(14-20)15-23(12-5-13-23)22(26)25-16-19-9-4-8-18-7-1-2-11-21(18)19/h1-3,6-7,10-11,14,19H,4-5,8-9,12-13,15-16H2,(H,25,26). The first-order valence-electron chi connectivity index (χ1n) is 9.77. The molecule has 1 unspecified atom stereocenters. The minimum absolute atomic E-state index is 0.149. The molecule has 1 fully saturated rings. The van der Waals surface area contributed by atoms with Gasteiger partial charge in [0.15, 0.2) is 0 Å². The topological polar surface area (TPSA) is 29.1 Å². The highest BCUT2D eigenvalue weighted by molar-refractivity contribution is 5.84. The molecular weight excluding hydrogens is 325 g/mol. The molecule has 2 aliphatic rings. The van der Waals surface area contributed by atoms with Crippen LogP contribution < -0.4 is 5.32 Å². The van der Waals surface area contributed by atoms with Crippen molar-refractivity contribution in [3.63, 3.8) is 0 Å². The summed E-state index contributed by atoms with van der Waals surface area (Å²) in [6, 6.07) is 15.3. The lowest BCUT2D eigenvalue weighted by Gasteiger charge is -2.41. The van der Waals surface area contributed by atoms with Gasteiger partial charge in [-0.15, -0.1) is 0 Å². The summed E-state index contributed by atoms with van der Waals surface area (Å²) in [5, 5.41) is 3.24. The van der Waals surface area contributed by atoms with Crippen molar-refractivity contribution in [3.8, 4) is 0 Å². The molecule has 4 rings (SSSR count). The zero-order valence-electron chi connectivity index (χ0n) is 15.1. The summed E-state index contributed by atoms with van der Waals surface area (Å²) in [6.07, 6.45) is 6.98. The predicted molar refractivity (Wildman–Crippen MR) is 102 cm³/mol. The number of halogens is 1. The van der Waals surface area contributed by atoms with Crippen molar-refractivity contribution in [1.29, 1.82) is 0 Å². The maximum absolute atomic E-state index is 13.5. The molecule has 0 aromatic heterocycles. The van der Waals surface area contributed by atoms with Gasteiger partial charge in [0, 0.05) is 12.5 Å². The van der Waals surface area contributed by atoms with Gasteiger partial charge in [0.2, 0.25) is 5.91 Å². The SMILES string of the molecule is O=C(NCC1CCCc2ccccc21)C1(Cc2cccc(F)c2)CCC1. The molecule has 1 saturated carbocycles. The summed E-state index contributed by atoms with van der Waals surface area (Å²) in [6.45, 7) is 0.709. The van der Waals surface area contributed by atoms with E-state index in [1.54, 1.807) is 12.1 Å². The molecule has 2 aliphatic carbocycles. The number of amides is 1. The molecule has 2 aromatic rings. The van der Waals surface area contributed by atoms with Gasteiger partial charge in [-0.3, -0.25) is 4.79 Å². The Balaban J connectivity index is 1.42. The second kappa shape index (κ2) is 7.22. The molecule has 0 spiro atoms. The number of carbonyl (C=O) groups excluding carboxylic acids is 1. The van der Waals surface area contributed by atoms with Gasteiger partial charge in [-0.1, -0.05) is 42.8 Å². The van der Waals surface area contributed by atoms with Crippen molar-refractivity contribution in [2.24, 2.45) is 5.41 Å². The largest absolute Gasteiger partial charge is 0.355 e. The molecule has 136 valence electrons. The fourth-order valence-electron chi connectivity index (χ4n) is 4.60. The number of benzene rings is 2. The van der Waals surface area contributed by atoms with E-state index in [0.717, 1.165) is 37.7 Å². The van der Waals surface area contributed by atoms with Gasteiger partial charge < -0.3 is 5.32 Å². The number of hydrogen-bond donors (Lipinski definition) is 1. The first kappa shape index (κ1) is 17.3. The van der Waals surface area contributed by atoms with Crippen LogP contribution in [-0.2, 0) is 17.6 Å². The van der Waals surface area contributed by atoms with Crippen LogP contribution in [0.5, 0.6) is 0 Å². The van der Waals surface area contributed by atoms with Crippen LogP contribution in [0.2, 0.25) is 0 Å². The Morgan fingerprint density at radius 3 is 2.73 bits per heavy atom. The third-order valence-electron chi connectivity index (χ3n) is 6.23. The van der Waals surface area contributed by atoms with Crippen molar-refractivity contribution < 1.29 is 9.18 Å². The highest BCUT2D eigenvalue weighted by atomic mass is 19.1. The lowest BCUT2D eigenvalue weighted by Crippen LogP contribution is -2.48. The molecule has 3 heteroatoms. The molecule has 2 aromatic carbocycles. The third kappa shape index (κ3) is 3.40. The Hall–Kier alpha value is -2.16. The normalized spacial score (nSPS) is 20.7. The van der Waals surface area contributed by atoms with Crippen molar-refractivity contribution in [1.82, 2.24) is 5.32 Å². The van der Waals surface area contributed by atoms with Crippen LogP contribution in [0.4, 0.5) is 4.39 Å². The third-order valence-corrected chi connectivity index (χ3v) is 6.23. The molecule has 0 radical (unpaired) electrons. The highest BCUT2D eigenvalue weighted by Crippen LogP contribution is 2.44. The number of aryl methyl sites for hydroxylation is 1. The van der Waals surface area contributed by atoms with E-state index >= 15 is 0 Å². The quantitative estimate of drug-likeness (QED) is 0.826. The second-order valence-corrected chi connectivity index (χ2v) is 7.94. The molecule has 1 atom stereocenters. The van der Waals surface area contributed by atoms with E-state index in [1.165, 1.54) is 23.6 Å². The summed E-state index contributed by atoms with van der Waals surface area (Å²) < 4.78 is 13.5. The van der Waals surface area contributed by atoms with Crippen molar-refractivity contribution in [2.75, 3.05) is 6.54 Å². The van der Waals surface area contributed by atoms with E-state index in [2.05, 4.69) is 29.6 Å². The average molecular weight is 351 g/mol. The average Bonchev–Trinajstić information content (AvgIpc) is 2.63. The van der Waals surface area contributed by atoms with Crippen LogP contribution in [0.3, 0.4) is 0 Å². The summed E-state index contributed by atoms with van der Waals surface area (Å²) in [5.74, 6) is 0.336.